The van der Waals surface area contributed by atoms with E-state index >= 15 is 0 Å². The SMILES string of the molecule is CC(C)CN(CCC#N)CC(N)=O. The molecule has 0 aliphatic rings. The summed E-state index contributed by atoms with van der Waals surface area (Å²) in [7, 11) is 0. The van der Waals surface area contributed by atoms with Crippen molar-refractivity contribution >= 4 is 5.91 Å². The summed E-state index contributed by atoms with van der Waals surface area (Å²) in [6.07, 6.45) is 0.444. The third-order valence-electron chi connectivity index (χ3n) is 1.54. The van der Waals surface area contributed by atoms with Gasteiger partial charge in [0.25, 0.3) is 0 Å². The van der Waals surface area contributed by atoms with Crippen molar-refractivity contribution in [3.63, 3.8) is 0 Å². The van der Waals surface area contributed by atoms with Crippen LogP contribution < -0.4 is 5.73 Å². The zero-order chi connectivity index (χ0) is 10.3. The van der Waals surface area contributed by atoms with Crippen molar-refractivity contribution in [2.45, 2.75) is 20.3 Å². The number of nitriles is 1. The van der Waals surface area contributed by atoms with Crippen LogP contribution in [0.3, 0.4) is 0 Å². The molecule has 74 valence electrons. The van der Waals surface area contributed by atoms with E-state index in [-0.39, 0.29) is 12.5 Å². The number of hydrogen-bond donors (Lipinski definition) is 1. The molecule has 1 amide bonds. The molecule has 0 heterocycles. The van der Waals surface area contributed by atoms with Gasteiger partial charge in [0.2, 0.25) is 5.91 Å². The number of primary amides is 1. The molecule has 13 heavy (non-hydrogen) atoms. The molecule has 0 aliphatic heterocycles. The maximum atomic E-state index is 10.7. The van der Waals surface area contributed by atoms with Crippen LogP contribution in [0, 0.1) is 17.2 Å². The molecule has 0 saturated heterocycles. The van der Waals surface area contributed by atoms with E-state index in [0.29, 0.717) is 18.9 Å². The molecule has 0 fully saturated rings. The van der Waals surface area contributed by atoms with Gasteiger partial charge in [0.05, 0.1) is 12.6 Å². The van der Waals surface area contributed by atoms with Gasteiger partial charge in [-0.2, -0.15) is 5.26 Å². The maximum Gasteiger partial charge on any atom is 0.231 e. The largest absolute Gasteiger partial charge is 0.369 e. The molecule has 0 rings (SSSR count). The van der Waals surface area contributed by atoms with Gasteiger partial charge in [0, 0.05) is 19.5 Å². The van der Waals surface area contributed by atoms with E-state index in [1.165, 1.54) is 0 Å². The Morgan fingerprint density at radius 1 is 1.62 bits per heavy atom. The van der Waals surface area contributed by atoms with Crippen LogP contribution in [0.15, 0.2) is 0 Å². The predicted molar refractivity (Wildman–Crippen MR) is 50.7 cm³/mol. The second kappa shape index (κ2) is 6.44. The molecular formula is C9H17N3O. The van der Waals surface area contributed by atoms with Gasteiger partial charge in [-0.15, -0.1) is 0 Å². The number of nitrogens with zero attached hydrogens (tertiary/aromatic N) is 2. The van der Waals surface area contributed by atoms with E-state index < -0.39 is 0 Å². The minimum absolute atomic E-state index is 0.250. The Kier molecular flexibility index (Phi) is 5.90. The summed E-state index contributed by atoms with van der Waals surface area (Å²) in [6, 6.07) is 2.05. The quantitative estimate of drug-likeness (QED) is 0.645. The smallest absolute Gasteiger partial charge is 0.231 e. The van der Waals surface area contributed by atoms with Gasteiger partial charge >= 0.3 is 0 Å². The van der Waals surface area contributed by atoms with Crippen molar-refractivity contribution in [2.75, 3.05) is 19.6 Å². The van der Waals surface area contributed by atoms with Crippen molar-refractivity contribution in [3.8, 4) is 6.07 Å². The number of carbonyl (C=O) groups is 1. The molecule has 0 aromatic heterocycles. The first-order chi connectivity index (χ1) is 6.06. The van der Waals surface area contributed by atoms with Crippen LogP contribution in [0.4, 0.5) is 0 Å². The summed E-state index contributed by atoms with van der Waals surface area (Å²) in [6.45, 7) is 5.82. The number of hydrogen-bond acceptors (Lipinski definition) is 3. The summed E-state index contributed by atoms with van der Waals surface area (Å²) >= 11 is 0. The third-order valence-corrected chi connectivity index (χ3v) is 1.54. The van der Waals surface area contributed by atoms with Crippen LogP contribution >= 0.6 is 0 Å². The first-order valence-corrected chi connectivity index (χ1v) is 4.44. The molecule has 2 N–H and O–H groups in total. The normalized spacial score (nSPS) is 10.4. The van der Waals surface area contributed by atoms with Gasteiger partial charge in [-0.05, 0) is 5.92 Å². The number of rotatable bonds is 6. The minimum atomic E-state index is -0.335. The molecular weight excluding hydrogens is 166 g/mol. The summed E-state index contributed by atoms with van der Waals surface area (Å²) in [4.78, 5) is 12.6. The Bertz CT molecular complexity index is 196. The zero-order valence-electron chi connectivity index (χ0n) is 8.29. The molecule has 0 bridgehead atoms. The first kappa shape index (κ1) is 11.9. The summed E-state index contributed by atoms with van der Waals surface area (Å²) in [5, 5.41) is 8.39. The molecule has 0 spiro atoms. The van der Waals surface area contributed by atoms with Crippen molar-refractivity contribution in [2.24, 2.45) is 11.7 Å². The van der Waals surface area contributed by atoms with Crippen molar-refractivity contribution in [1.29, 1.82) is 5.26 Å². The molecule has 0 aliphatic carbocycles. The van der Waals surface area contributed by atoms with Crippen LogP contribution in [0.2, 0.25) is 0 Å². The first-order valence-electron chi connectivity index (χ1n) is 4.44. The van der Waals surface area contributed by atoms with Gasteiger partial charge in [-0.3, -0.25) is 9.69 Å². The van der Waals surface area contributed by atoms with Gasteiger partial charge in [0.15, 0.2) is 0 Å². The van der Waals surface area contributed by atoms with E-state index in [1.54, 1.807) is 0 Å². The second-order valence-corrected chi connectivity index (χ2v) is 3.50. The summed E-state index contributed by atoms with van der Waals surface area (Å²) < 4.78 is 0. The molecule has 4 nitrogen and oxygen atoms in total. The monoisotopic (exact) mass is 183 g/mol. The Morgan fingerprint density at radius 3 is 2.62 bits per heavy atom. The fourth-order valence-electron chi connectivity index (χ4n) is 1.18. The van der Waals surface area contributed by atoms with Crippen LogP contribution in [0.5, 0.6) is 0 Å². The fourth-order valence-corrected chi connectivity index (χ4v) is 1.18. The molecule has 0 atom stereocenters. The van der Waals surface area contributed by atoms with E-state index in [2.05, 4.69) is 19.9 Å². The van der Waals surface area contributed by atoms with Crippen molar-refractivity contribution < 1.29 is 4.79 Å². The van der Waals surface area contributed by atoms with E-state index in [4.69, 9.17) is 11.0 Å². The minimum Gasteiger partial charge on any atom is -0.369 e. The highest BCUT2D eigenvalue weighted by Gasteiger charge is 2.09. The summed E-state index contributed by atoms with van der Waals surface area (Å²) in [5.74, 6) is 0.150. The topological polar surface area (TPSA) is 70.1 Å². The highest BCUT2D eigenvalue weighted by Crippen LogP contribution is 1.98. The van der Waals surface area contributed by atoms with Gasteiger partial charge < -0.3 is 5.73 Å². The summed E-state index contributed by atoms with van der Waals surface area (Å²) in [5.41, 5.74) is 5.08. The predicted octanol–water partition coefficient (Wildman–Crippen LogP) is 0.343. The number of carbonyl (C=O) groups excluding carboxylic acids is 1. The number of amides is 1. The van der Waals surface area contributed by atoms with E-state index in [1.807, 2.05) is 4.90 Å². The van der Waals surface area contributed by atoms with Crippen LogP contribution in [-0.4, -0.2) is 30.4 Å². The lowest BCUT2D eigenvalue weighted by Crippen LogP contribution is -2.36. The lowest BCUT2D eigenvalue weighted by molar-refractivity contribution is -0.119. The highest BCUT2D eigenvalue weighted by atomic mass is 16.1. The molecule has 4 heteroatoms. The maximum absolute atomic E-state index is 10.7. The van der Waals surface area contributed by atoms with Gasteiger partial charge in [-0.1, -0.05) is 13.8 Å². The highest BCUT2D eigenvalue weighted by molar-refractivity contribution is 5.75. The second-order valence-electron chi connectivity index (χ2n) is 3.50. The molecule has 0 aromatic carbocycles. The van der Waals surface area contributed by atoms with Crippen molar-refractivity contribution in [1.82, 2.24) is 4.90 Å². The average Bonchev–Trinajstić information content (AvgIpc) is 1.98. The number of nitrogens with two attached hydrogens (primary N) is 1. The van der Waals surface area contributed by atoms with Gasteiger partial charge in [-0.25, -0.2) is 0 Å². The lowest BCUT2D eigenvalue weighted by atomic mass is 10.2. The molecule has 0 unspecified atom stereocenters. The molecule has 0 saturated carbocycles. The molecule has 0 radical (unpaired) electrons. The van der Waals surface area contributed by atoms with Crippen molar-refractivity contribution in [3.05, 3.63) is 0 Å². The third kappa shape index (κ3) is 7.29. The zero-order valence-corrected chi connectivity index (χ0v) is 8.29. The Hall–Kier alpha value is -1.08. The van der Waals surface area contributed by atoms with E-state index in [0.717, 1.165) is 6.54 Å². The Labute approximate surface area is 79.3 Å². The van der Waals surface area contributed by atoms with Crippen LogP contribution in [0.1, 0.15) is 20.3 Å². The van der Waals surface area contributed by atoms with Crippen LogP contribution in [-0.2, 0) is 4.79 Å². The standard InChI is InChI=1S/C9H17N3O/c1-8(2)6-12(5-3-4-10)7-9(11)13/h8H,3,5-7H2,1-2H3,(H2,11,13). The molecule has 0 aromatic rings. The Balaban J connectivity index is 3.88. The van der Waals surface area contributed by atoms with Gasteiger partial charge in [0.1, 0.15) is 0 Å². The Morgan fingerprint density at radius 2 is 2.23 bits per heavy atom. The van der Waals surface area contributed by atoms with E-state index in [9.17, 15) is 4.79 Å². The average molecular weight is 183 g/mol. The lowest BCUT2D eigenvalue weighted by Gasteiger charge is -2.21. The fraction of sp³-hybridized carbons (Fsp3) is 0.778. The van der Waals surface area contributed by atoms with Crippen LogP contribution in [0.25, 0.3) is 0 Å².